The van der Waals surface area contributed by atoms with Crippen LogP contribution in [0.2, 0.25) is 0 Å². The van der Waals surface area contributed by atoms with E-state index in [1.807, 2.05) is 0 Å². The van der Waals surface area contributed by atoms with E-state index >= 15 is 0 Å². The van der Waals surface area contributed by atoms with Gasteiger partial charge in [0.15, 0.2) is 0 Å². The molecule has 0 atom stereocenters. The summed E-state index contributed by atoms with van der Waals surface area (Å²) in [5.74, 6) is 0.660. The summed E-state index contributed by atoms with van der Waals surface area (Å²) >= 11 is 0. The molecule has 0 aliphatic carbocycles. The predicted molar refractivity (Wildman–Crippen MR) is 62.9 cm³/mol. The van der Waals surface area contributed by atoms with E-state index in [2.05, 4.69) is 27.1 Å². The van der Waals surface area contributed by atoms with Crippen LogP contribution in [0, 0.1) is 0 Å². The van der Waals surface area contributed by atoms with Crippen molar-refractivity contribution in [1.82, 2.24) is 14.9 Å². The number of aromatic nitrogens is 2. The lowest BCUT2D eigenvalue weighted by Gasteiger charge is -2.08. The highest BCUT2D eigenvalue weighted by molar-refractivity contribution is 5.19. The van der Waals surface area contributed by atoms with E-state index in [1.165, 1.54) is 32.5 Å². The van der Waals surface area contributed by atoms with Crippen LogP contribution in [0.3, 0.4) is 0 Å². The Labute approximate surface area is 91.7 Å². The van der Waals surface area contributed by atoms with E-state index in [0.29, 0.717) is 5.95 Å². The highest BCUT2D eigenvalue weighted by Crippen LogP contribution is 2.04. The molecular weight excluding hydrogens is 188 g/mol. The molecule has 0 bridgehead atoms. The van der Waals surface area contributed by atoms with Gasteiger partial charge in [0.1, 0.15) is 0 Å². The Bertz CT molecular complexity index is 244. The standard InChI is InChI=1S/C6H13N.C5H7N3/c1-2-7-5-3-4-6-7;1-6-5-7-3-2-4-8-5/h2-6H2,1H3;2-4H,1H3,(H,6,7,8). The topological polar surface area (TPSA) is 41.0 Å². The third kappa shape index (κ3) is 4.74. The first-order valence-electron chi connectivity index (χ1n) is 5.54. The lowest BCUT2D eigenvalue weighted by molar-refractivity contribution is 0.359. The zero-order chi connectivity index (χ0) is 10.9. The molecule has 0 spiro atoms. The Kier molecular flexibility index (Phi) is 5.70. The van der Waals surface area contributed by atoms with Crippen LogP contribution in [-0.2, 0) is 0 Å². The van der Waals surface area contributed by atoms with Gasteiger partial charge < -0.3 is 10.2 Å². The highest BCUT2D eigenvalue weighted by Gasteiger charge is 2.06. The SMILES string of the molecule is CCN1CCCC1.CNc1ncccn1. The van der Waals surface area contributed by atoms with E-state index in [1.54, 1.807) is 25.5 Å². The smallest absolute Gasteiger partial charge is 0.222 e. The molecule has 0 saturated carbocycles. The molecule has 1 aliphatic rings. The quantitative estimate of drug-likeness (QED) is 0.802. The van der Waals surface area contributed by atoms with E-state index in [4.69, 9.17) is 0 Å². The molecule has 1 aromatic rings. The van der Waals surface area contributed by atoms with E-state index < -0.39 is 0 Å². The van der Waals surface area contributed by atoms with Crippen molar-refractivity contribution in [3.8, 4) is 0 Å². The summed E-state index contributed by atoms with van der Waals surface area (Å²) in [7, 11) is 1.79. The predicted octanol–water partition coefficient (Wildman–Crippen LogP) is 1.62. The molecule has 0 aromatic carbocycles. The van der Waals surface area contributed by atoms with Gasteiger partial charge in [0.05, 0.1) is 0 Å². The zero-order valence-electron chi connectivity index (χ0n) is 9.61. The molecule has 1 saturated heterocycles. The molecule has 0 unspecified atom stereocenters. The lowest BCUT2D eigenvalue weighted by atomic mass is 10.4. The van der Waals surface area contributed by atoms with Gasteiger partial charge in [-0.15, -0.1) is 0 Å². The van der Waals surface area contributed by atoms with Crippen LogP contribution < -0.4 is 5.32 Å². The monoisotopic (exact) mass is 208 g/mol. The minimum absolute atomic E-state index is 0.660. The van der Waals surface area contributed by atoms with Crippen molar-refractivity contribution >= 4 is 5.95 Å². The van der Waals surface area contributed by atoms with Gasteiger partial charge in [-0.25, -0.2) is 9.97 Å². The lowest BCUT2D eigenvalue weighted by Crippen LogP contribution is -2.17. The second-order valence-corrected chi connectivity index (χ2v) is 3.46. The van der Waals surface area contributed by atoms with E-state index in [0.717, 1.165) is 0 Å². The van der Waals surface area contributed by atoms with Crippen molar-refractivity contribution in [3.63, 3.8) is 0 Å². The average Bonchev–Trinajstić information content (AvgIpc) is 2.84. The van der Waals surface area contributed by atoms with Gasteiger partial charge in [0.2, 0.25) is 5.95 Å². The average molecular weight is 208 g/mol. The van der Waals surface area contributed by atoms with Crippen molar-refractivity contribution in [1.29, 1.82) is 0 Å². The minimum atomic E-state index is 0.660. The van der Waals surface area contributed by atoms with Gasteiger partial charge >= 0.3 is 0 Å². The fourth-order valence-electron chi connectivity index (χ4n) is 1.53. The molecular formula is C11H20N4. The van der Waals surface area contributed by atoms with Crippen molar-refractivity contribution in [2.45, 2.75) is 19.8 Å². The molecule has 15 heavy (non-hydrogen) atoms. The highest BCUT2D eigenvalue weighted by atomic mass is 15.1. The number of nitrogens with zero attached hydrogens (tertiary/aromatic N) is 3. The maximum atomic E-state index is 3.88. The minimum Gasteiger partial charge on any atom is -0.357 e. The van der Waals surface area contributed by atoms with Gasteiger partial charge in [0, 0.05) is 19.4 Å². The molecule has 84 valence electrons. The van der Waals surface area contributed by atoms with E-state index in [-0.39, 0.29) is 0 Å². The molecule has 4 nitrogen and oxygen atoms in total. The fraction of sp³-hybridized carbons (Fsp3) is 0.636. The van der Waals surface area contributed by atoms with Crippen LogP contribution in [0.25, 0.3) is 0 Å². The molecule has 2 rings (SSSR count). The van der Waals surface area contributed by atoms with Crippen LogP contribution in [0.15, 0.2) is 18.5 Å². The summed E-state index contributed by atoms with van der Waals surface area (Å²) in [5, 5.41) is 2.80. The second kappa shape index (κ2) is 7.17. The summed E-state index contributed by atoms with van der Waals surface area (Å²) in [6.45, 7) is 6.16. The fourth-order valence-corrected chi connectivity index (χ4v) is 1.53. The number of nitrogens with one attached hydrogen (secondary N) is 1. The number of rotatable bonds is 2. The Hall–Kier alpha value is -1.16. The molecule has 0 radical (unpaired) electrons. The van der Waals surface area contributed by atoms with Gasteiger partial charge in [-0.05, 0) is 38.5 Å². The molecule has 4 heteroatoms. The molecule has 1 aromatic heterocycles. The summed E-state index contributed by atoms with van der Waals surface area (Å²) in [5.41, 5.74) is 0. The first-order valence-corrected chi connectivity index (χ1v) is 5.54. The summed E-state index contributed by atoms with van der Waals surface area (Å²) < 4.78 is 0. The third-order valence-electron chi connectivity index (χ3n) is 2.44. The Morgan fingerprint density at radius 1 is 1.27 bits per heavy atom. The van der Waals surface area contributed by atoms with Crippen molar-refractivity contribution in [2.75, 3.05) is 32.0 Å². The number of hydrogen-bond donors (Lipinski definition) is 1. The van der Waals surface area contributed by atoms with Crippen LogP contribution in [0.1, 0.15) is 19.8 Å². The first-order chi connectivity index (χ1) is 7.36. The number of anilines is 1. The van der Waals surface area contributed by atoms with Crippen LogP contribution >= 0.6 is 0 Å². The van der Waals surface area contributed by atoms with Gasteiger partial charge in [-0.3, -0.25) is 0 Å². The van der Waals surface area contributed by atoms with Crippen molar-refractivity contribution in [2.24, 2.45) is 0 Å². The summed E-state index contributed by atoms with van der Waals surface area (Å²) in [6, 6.07) is 1.78. The number of hydrogen-bond acceptors (Lipinski definition) is 4. The maximum Gasteiger partial charge on any atom is 0.222 e. The molecule has 2 heterocycles. The van der Waals surface area contributed by atoms with Crippen molar-refractivity contribution in [3.05, 3.63) is 18.5 Å². The molecule has 1 fully saturated rings. The summed E-state index contributed by atoms with van der Waals surface area (Å²) in [4.78, 5) is 10.2. The van der Waals surface area contributed by atoms with Crippen LogP contribution in [0.4, 0.5) is 5.95 Å². The first kappa shape index (κ1) is 11.9. The van der Waals surface area contributed by atoms with Gasteiger partial charge in [-0.2, -0.15) is 0 Å². The molecule has 1 N–H and O–H groups in total. The Balaban J connectivity index is 0.000000151. The maximum absolute atomic E-state index is 3.88. The van der Waals surface area contributed by atoms with Crippen LogP contribution in [-0.4, -0.2) is 41.5 Å². The second-order valence-electron chi connectivity index (χ2n) is 3.46. The molecule has 1 aliphatic heterocycles. The van der Waals surface area contributed by atoms with Gasteiger partial charge in [0.25, 0.3) is 0 Å². The third-order valence-corrected chi connectivity index (χ3v) is 2.44. The number of likely N-dealkylation sites (tertiary alicyclic amines) is 1. The van der Waals surface area contributed by atoms with E-state index in [9.17, 15) is 0 Å². The summed E-state index contributed by atoms with van der Waals surface area (Å²) in [6.07, 6.45) is 6.24. The zero-order valence-corrected chi connectivity index (χ0v) is 9.61. The van der Waals surface area contributed by atoms with Crippen LogP contribution in [0.5, 0.6) is 0 Å². The molecule has 0 amide bonds. The largest absolute Gasteiger partial charge is 0.357 e. The van der Waals surface area contributed by atoms with Gasteiger partial charge in [-0.1, -0.05) is 6.92 Å². The normalized spacial score (nSPS) is 15.6. The Morgan fingerprint density at radius 3 is 2.20 bits per heavy atom. The van der Waals surface area contributed by atoms with Crippen molar-refractivity contribution < 1.29 is 0 Å². The Morgan fingerprint density at radius 2 is 1.87 bits per heavy atom.